The highest BCUT2D eigenvalue weighted by Gasteiger charge is 2.44. The Labute approximate surface area is 223 Å². The number of fused-ring (bicyclic) bond motifs is 3. The summed E-state index contributed by atoms with van der Waals surface area (Å²) >= 11 is 0. The van der Waals surface area contributed by atoms with Crippen molar-refractivity contribution in [2.45, 2.75) is 63.3 Å². The standard InChI is InChI=1S/C27H32N2O10/c1-13-6-18(31)16-7-15-8-21(39-36-12-20(33)24(35)23(34)19(32)11-30)27(2,3)38-25(15)22(26(16)37-13)29-9-14-4-5-28-17(14)10-29/h4-7,9,19-21,23-24,30,32-35H,8,10-12H2,1-3H3/p+1/t19-,20+,21-,23-,24-/m1/s1. The number of aryl methyl sites for hydroxylation is 1. The van der Waals surface area contributed by atoms with E-state index in [2.05, 4.69) is 4.99 Å². The van der Waals surface area contributed by atoms with Crippen molar-refractivity contribution >= 4 is 22.4 Å². The normalized spacial score (nSPS) is 24.4. The van der Waals surface area contributed by atoms with Gasteiger partial charge in [-0.15, -0.1) is 0 Å². The number of hydrogen-bond acceptors (Lipinski definition) is 11. The lowest BCUT2D eigenvalue weighted by atomic mass is 9.89. The molecule has 0 fully saturated rings. The number of aliphatic imine (C=N–C) groups is 1. The van der Waals surface area contributed by atoms with Crippen molar-refractivity contribution in [2.75, 3.05) is 19.8 Å². The van der Waals surface area contributed by atoms with E-state index in [0.29, 0.717) is 46.7 Å². The van der Waals surface area contributed by atoms with Crippen molar-refractivity contribution in [3.8, 4) is 5.75 Å². The first-order chi connectivity index (χ1) is 18.5. The Morgan fingerprint density at radius 3 is 2.64 bits per heavy atom. The number of aliphatic hydroxyl groups is 5. The summed E-state index contributed by atoms with van der Waals surface area (Å²) in [6, 6.07) is 3.18. The second-order valence-corrected chi connectivity index (χ2v) is 10.6. The van der Waals surface area contributed by atoms with E-state index in [-0.39, 0.29) is 5.43 Å². The zero-order valence-corrected chi connectivity index (χ0v) is 21.8. The molecule has 6 N–H and O–H groups in total. The second kappa shape index (κ2) is 10.6. The van der Waals surface area contributed by atoms with Crippen LogP contribution in [0, 0.1) is 6.92 Å². The number of nitrogens with one attached hydrogen (secondary N) is 1. The maximum atomic E-state index is 13.0. The fourth-order valence-corrected chi connectivity index (χ4v) is 5.02. The molecule has 0 bridgehead atoms. The molecule has 6 atom stereocenters. The number of hydrogen-bond donors (Lipinski definition) is 6. The predicted octanol–water partition coefficient (Wildman–Crippen LogP) is -1.05. The van der Waals surface area contributed by atoms with Gasteiger partial charge >= 0.3 is 0 Å². The molecule has 39 heavy (non-hydrogen) atoms. The molecular formula is C27H33N2O10+. The average molecular weight is 546 g/mol. The molecule has 1 unspecified atom stereocenters. The lowest BCUT2D eigenvalue weighted by molar-refractivity contribution is -0.759. The van der Waals surface area contributed by atoms with Crippen molar-refractivity contribution in [1.29, 1.82) is 0 Å². The maximum Gasteiger partial charge on any atom is 0.222 e. The Morgan fingerprint density at radius 1 is 1.18 bits per heavy atom. The summed E-state index contributed by atoms with van der Waals surface area (Å²) in [5.74, 6) is 1.06. The summed E-state index contributed by atoms with van der Waals surface area (Å²) in [6.07, 6.45) is -1.45. The molecule has 0 radical (unpaired) electrons. The molecule has 3 aliphatic heterocycles. The predicted molar refractivity (Wildman–Crippen MR) is 138 cm³/mol. The topological polar surface area (TPSA) is 176 Å². The van der Waals surface area contributed by atoms with Crippen LogP contribution < -0.4 is 15.1 Å². The number of quaternary nitrogens is 1. The fraction of sp³-hybridized carbons (Fsp3) is 0.481. The van der Waals surface area contributed by atoms with Crippen LogP contribution in [0.4, 0.5) is 5.69 Å². The maximum absolute atomic E-state index is 13.0. The number of nitrogens with zero attached hydrogens (tertiary/aromatic N) is 1. The van der Waals surface area contributed by atoms with Gasteiger partial charge in [0.15, 0.2) is 11.2 Å². The van der Waals surface area contributed by atoms with Crippen LogP contribution in [0.1, 0.15) is 25.2 Å². The fourth-order valence-electron chi connectivity index (χ4n) is 5.02. The van der Waals surface area contributed by atoms with Gasteiger partial charge in [-0.3, -0.25) is 14.7 Å². The highest BCUT2D eigenvalue weighted by atomic mass is 17.2. The molecule has 3 aliphatic rings. The summed E-state index contributed by atoms with van der Waals surface area (Å²) in [6.45, 7) is 4.61. The third-order valence-electron chi connectivity index (χ3n) is 7.29. The molecule has 210 valence electrons. The zero-order valence-electron chi connectivity index (χ0n) is 21.8. The number of benzene rings is 1. The molecule has 0 aliphatic carbocycles. The first kappa shape index (κ1) is 27.6. The van der Waals surface area contributed by atoms with Gasteiger partial charge in [-0.25, -0.2) is 9.78 Å². The van der Waals surface area contributed by atoms with Gasteiger partial charge in [0, 0.05) is 24.3 Å². The molecule has 1 aromatic heterocycles. The van der Waals surface area contributed by atoms with Crippen LogP contribution in [0.15, 0.2) is 50.4 Å². The molecule has 1 aromatic carbocycles. The van der Waals surface area contributed by atoms with Crippen molar-refractivity contribution in [1.82, 2.24) is 0 Å². The lowest BCUT2D eigenvalue weighted by Gasteiger charge is -2.39. The average Bonchev–Trinajstić information content (AvgIpc) is 3.49. The molecule has 4 heterocycles. The second-order valence-electron chi connectivity index (χ2n) is 10.6. The quantitative estimate of drug-likeness (QED) is 0.168. The van der Waals surface area contributed by atoms with Crippen molar-refractivity contribution in [3.63, 3.8) is 0 Å². The van der Waals surface area contributed by atoms with Crippen LogP contribution in [0.5, 0.6) is 5.75 Å². The number of rotatable bonds is 9. The third kappa shape index (κ3) is 5.17. The largest absolute Gasteiger partial charge is 0.478 e. The van der Waals surface area contributed by atoms with E-state index in [1.807, 2.05) is 26.1 Å². The number of ether oxygens (including phenoxy) is 1. The van der Waals surface area contributed by atoms with Gasteiger partial charge in [-0.1, -0.05) is 0 Å². The van der Waals surface area contributed by atoms with Crippen molar-refractivity contribution < 1.29 is 49.4 Å². The molecule has 5 rings (SSSR count). The molecule has 2 aromatic rings. The van der Waals surface area contributed by atoms with E-state index < -0.39 is 49.3 Å². The van der Waals surface area contributed by atoms with Crippen LogP contribution in [0.2, 0.25) is 0 Å². The molecule has 12 nitrogen and oxygen atoms in total. The summed E-state index contributed by atoms with van der Waals surface area (Å²) in [4.78, 5) is 29.1. The van der Waals surface area contributed by atoms with Gasteiger partial charge in [0.05, 0.1) is 17.6 Å². The number of allylic oxidation sites excluding steroid dienone is 1. The SMILES string of the molecule is Cc1cc(=O)c2cc3c(c([NH+]4C=C5C=CN=C5C4)c2o1)OC(C)(C)[C@H](OOC[C@H](O)[C@@H](O)[C@H](O)[C@H](O)CO)C3. The Kier molecular flexibility index (Phi) is 7.48. The molecule has 0 saturated heterocycles. The van der Waals surface area contributed by atoms with Crippen LogP contribution in [0.25, 0.3) is 11.0 Å². The highest BCUT2D eigenvalue weighted by molar-refractivity contribution is 6.07. The molecular weight excluding hydrogens is 512 g/mol. The monoisotopic (exact) mass is 545 g/mol. The van der Waals surface area contributed by atoms with Crippen LogP contribution >= 0.6 is 0 Å². The Bertz CT molecular complexity index is 1410. The Hall–Kier alpha value is -2.94. The lowest BCUT2D eigenvalue weighted by Crippen LogP contribution is -3.01. The summed E-state index contributed by atoms with van der Waals surface area (Å²) < 4.78 is 12.6. The van der Waals surface area contributed by atoms with E-state index >= 15 is 0 Å². The minimum absolute atomic E-state index is 0.180. The molecule has 0 spiro atoms. The highest BCUT2D eigenvalue weighted by Crippen LogP contribution is 2.42. The third-order valence-corrected chi connectivity index (χ3v) is 7.29. The summed E-state index contributed by atoms with van der Waals surface area (Å²) in [5.41, 5.74) is 2.70. The minimum atomic E-state index is -1.78. The van der Waals surface area contributed by atoms with Crippen molar-refractivity contribution in [3.05, 3.63) is 57.7 Å². The van der Waals surface area contributed by atoms with E-state index in [1.165, 1.54) is 6.07 Å². The van der Waals surface area contributed by atoms with Crippen molar-refractivity contribution in [2.24, 2.45) is 4.99 Å². The van der Waals surface area contributed by atoms with Gasteiger partial charge in [-0.2, -0.15) is 0 Å². The molecule has 0 saturated carbocycles. The minimum Gasteiger partial charge on any atom is -0.478 e. The van der Waals surface area contributed by atoms with E-state index in [9.17, 15) is 25.2 Å². The summed E-state index contributed by atoms with van der Waals surface area (Å²) in [5, 5.41) is 48.8. The van der Waals surface area contributed by atoms with Gasteiger partial charge < -0.3 is 34.7 Å². The van der Waals surface area contributed by atoms with Gasteiger partial charge in [-0.05, 0) is 32.9 Å². The van der Waals surface area contributed by atoms with Crippen LogP contribution in [-0.2, 0) is 16.2 Å². The molecule has 12 heteroatoms. The smallest absolute Gasteiger partial charge is 0.222 e. The molecule has 0 amide bonds. The Balaban J connectivity index is 1.42. The first-order valence-corrected chi connectivity index (χ1v) is 12.7. The first-order valence-electron chi connectivity index (χ1n) is 12.7. The summed E-state index contributed by atoms with van der Waals surface area (Å²) in [7, 11) is 0. The van der Waals surface area contributed by atoms with Gasteiger partial charge in [0.2, 0.25) is 11.3 Å². The van der Waals surface area contributed by atoms with E-state index in [0.717, 1.165) is 16.2 Å². The van der Waals surface area contributed by atoms with Gasteiger partial charge in [0.1, 0.15) is 66.9 Å². The van der Waals surface area contributed by atoms with E-state index in [4.69, 9.17) is 24.0 Å². The zero-order chi connectivity index (χ0) is 28.1. The van der Waals surface area contributed by atoms with Gasteiger partial charge in [0.25, 0.3) is 0 Å². The van der Waals surface area contributed by atoms with Crippen LogP contribution in [-0.4, -0.2) is 87.1 Å². The number of aliphatic hydroxyl groups excluding tert-OH is 5. The van der Waals surface area contributed by atoms with Crippen LogP contribution in [0.3, 0.4) is 0 Å². The Morgan fingerprint density at radius 2 is 1.92 bits per heavy atom. The van der Waals surface area contributed by atoms with E-state index in [1.54, 1.807) is 19.2 Å².